The zero-order valence-corrected chi connectivity index (χ0v) is 17.2. The predicted octanol–water partition coefficient (Wildman–Crippen LogP) is 1.48. The Morgan fingerprint density at radius 3 is 2.44 bits per heavy atom. The molecule has 1 aromatic rings. The van der Waals surface area contributed by atoms with E-state index in [0.29, 0.717) is 39.1 Å². The maximum Gasteiger partial charge on any atom is 0.236 e. The molecule has 0 aromatic heterocycles. The number of rotatable bonds is 8. The van der Waals surface area contributed by atoms with E-state index in [1.807, 2.05) is 6.26 Å². The number of nitrogens with zero attached hydrogens (tertiary/aromatic N) is 2. The van der Waals surface area contributed by atoms with Crippen molar-refractivity contribution >= 4 is 41.7 Å². The molecule has 1 heterocycles. The number of carbonyl (C=O) groups is 2. The summed E-state index contributed by atoms with van der Waals surface area (Å²) >= 11 is 1.65. The van der Waals surface area contributed by atoms with Crippen LogP contribution in [-0.2, 0) is 9.59 Å². The maximum atomic E-state index is 13.0. The Hall–Kier alpha value is -1.51. The van der Waals surface area contributed by atoms with Crippen LogP contribution < -0.4 is 16.0 Å². The Morgan fingerprint density at radius 2 is 1.85 bits per heavy atom. The fourth-order valence-electron chi connectivity index (χ4n) is 2.82. The van der Waals surface area contributed by atoms with Crippen LogP contribution in [0.15, 0.2) is 24.3 Å². The van der Waals surface area contributed by atoms with E-state index in [1.165, 1.54) is 12.1 Å². The summed E-state index contributed by atoms with van der Waals surface area (Å²) in [6.45, 7) is 2.98. The second-order valence-electron chi connectivity index (χ2n) is 6.27. The average Bonchev–Trinajstić information content (AvgIpc) is 2.66. The van der Waals surface area contributed by atoms with Crippen molar-refractivity contribution in [3.63, 3.8) is 0 Å². The van der Waals surface area contributed by atoms with Crippen LogP contribution in [0.2, 0.25) is 0 Å². The Morgan fingerprint density at radius 1 is 1.22 bits per heavy atom. The van der Waals surface area contributed by atoms with Gasteiger partial charge in [0.25, 0.3) is 0 Å². The quantitative estimate of drug-likeness (QED) is 0.668. The normalized spacial score (nSPS) is 15.1. The fraction of sp³-hybridized carbons (Fsp3) is 0.556. The van der Waals surface area contributed by atoms with Gasteiger partial charge in [-0.15, -0.1) is 12.4 Å². The summed E-state index contributed by atoms with van der Waals surface area (Å²) in [4.78, 5) is 28.0. The van der Waals surface area contributed by atoms with E-state index in [2.05, 4.69) is 10.2 Å². The second kappa shape index (κ2) is 12.0. The zero-order chi connectivity index (χ0) is 18.9. The van der Waals surface area contributed by atoms with Gasteiger partial charge in [-0.05, 0) is 42.7 Å². The number of benzene rings is 1. The fourth-order valence-corrected chi connectivity index (χ4v) is 3.31. The number of amides is 2. The van der Waals surface area contributed by atoms with Gasteiger partial charge in [0.15, 0.2) is 0 Å². The highest BCUT2D eigenvalue weighted by Gasteiger charge is 2.21. The molecule has 3 N–H and O–H groups in total. The monoisotopic (exact) mass is 418 g/mol. The summed E-state index contributed by atoms with van der Waals surface area (Å²) in [7, 11) is 0. The lowest BCUT2D eigenvalue weighted by atomic mass is 10.2. The molecule has 0 bridgehead atoms. The van der Waals surface area contributed by atoms with Crippen LogP contribution in [0.5, 0.6) is 0 Å². The molecule has 0 aliphatic carbocycles. The number of hydrogen-bond donors (Lipinski definition) is 2. The molecule has 1 aliphatic heterocycles. The molecule has 27 heavy (non-hydrogen) atoms. The summed E-state index contributed by atoms with van der Waals surface area (Å²) in [5.74, 6) is 0.416. The summed E-state index contributed by atoms with van der Waals surface area (Å²) in [6.07, 6.45) is 2.88. The number of thioether (sulfide) groups is 1. The Labute approximate surface area is 170 Å². The van der Waals surface area contributed by atoms with Crippen LogP contribution in [0.25, 0.3) is 0 Å². The largest absolute Gasteiger partial charge is 0.368 e. The minimum Gasteiger partial charge on any atom is -0.368 e. The summed E-state index contributed by atoms with van der Waals surface area (Å²) in [5.41, 5.74) is 6.76. The number of anilines is 1. The van der Waals surface area contributed by atoms with Crippen molar-refractivity contribution in [3.05, 3.63) is 30.1 Å². The molecule has 2 rings (SSSR count). The Bertz CT molecular complexity index is 598. The molecule has 1 aliphatic rings. The number of nitrogens with two attached hydrogens (primary N) is 1. The second-order valence-corrected chi connectivity index (χ2v) is 7.26. The molecular weight excluding hydrogens is 391 g/mol. The van der Waals surface area contributed by atoms with Crippen LogP contribution in [0, 0.1) is 5.82 Å². The Kier molecular flexibility index (Phi) is 10.5. The van der Waals surface area contributed by atoms with Crippen LogP contribution in [-0.4, -0.2) is 67.5 Å². The molecule has 1 saturated heterocycles. The molecule has 1 aromatic carbocycles. The number of nitrogens with one attached hydrogen (secondary N) is 1. The minimum atomic E-state index is -0.517. The van der Waals surface area contributed by atoms with Crippen molar-refractivity contribution in [1.82, 2.24) is 10.2 Å². The summed E-state index contributed by atoms with van der Waals surface area (Å²) in [5, 5.41) is 2.73. The van der Waals surface area contributed by atoms with Crippen molar-refractivity contribution in [2.75, 3.05) is 49.6 Å². The topological polar surface area (TPSA) is 78.7 Å². The molecule has 0 radical (unpaired) electrons. The summed E-state index contributed by atoms with van der Waals surface area (Å²) < 4.78 is 13.0. The molecule has 0 unspecified atom stereocenters. The van der Waals surface area contributed by atoms with Crippen LogP contribution in [0.3, 0.4) is 0 Å². The number of halogens is 2. The highest BCUT2D eigenvalue weighted by atomic mass is 35.5. The highest BCUT2D eigenvalue weighted by Crippen LogP contribution is 2.17. The van der Waals surface area contributed by atoms with E-state index < -0.39 is 6.04 Å². The van der Waals surface area contributed by atoms with Gasteiger partial charge in [-0.25, -0.2) is 4.39 Å². The third-order valence-corrected chi connectivity index (χ3v) is 5.08. The maximum absolute atomic E-state index is 13.0. The molecule has 0 spiro atoms. The first-order chi connectivity index (χ1) is 12.5. The lowest BCUT2D eigenvalue weighted by Crippen LogP contribution is -2.49. The third kappa shape index (κ3) is 7.56. The molecule has 2 amide bonds. The molecular formula is C18H28ClFN4O2S. The number of hydrogen-bond acceptors (Lipinski definition) is 5. The van der Waals surface area contributed by atoms with Gasteiger partial charge < -0.3 is 20.9 Å². The van der Waals surface area contributed by atoms with Crippen molar-refractivity contribution < 1.29 is 14.0 Å². The van der Waals surface area contributed by atoms with Gasteiger partial charge in [-0.1, -0.05) is 0 Å². The molecule has 152 valence electrons. The average molecular weight is 419 g/mol. The van der Waals surface area contributed by atoms with E-state index in [1.54, 1.807) is 28.8 Å². The lowest BCUT2D eigenvalue weighted by Gasteiger charge is -2.36. The van der Waals surface area contributed by atoms with Crippen LogP contribution in [0.4, 0.5) is 10.1 Å². The first-order valence-corrected chi connectivity index (χ1v) is 10.2. The standard InChI is InChI=1S/C18H27FN4O2S.ClH/c1-26-13-7-16(20)18(25)21-8-6-17(24)23-11-9-22(10-12-23)15-4-2-14(19)3-5-15;/h2-5,16H,6-13,20H2,1H3,(H,21,25);1H/t16-;/m0./s1. The predicted molar refractivity (Wildman–Crippen MR) is 111 cm³/mol. The molecule has 1 atom stereocenters. The number of carbonyl (C=O) groups excluding carboxylic acids is 2. The molecule has 1 fully saturated rings. The van der Waals surface area contributed by atoms with Gasteiger partial charge >= 0.3 is 0 Å². The minimum absolute atomic E-state index is 0. The Balaban J connectivity index is 0.00000364. The molecule has 9 heteroatoms. The zero-order valence-electron chi connectivity index (χ0n) is 15.5. The van der Waals surface area contributed by atoms with E-state index in [9.17, 15) is 14.0 Å². The van der Waals surface area contributed by atoms with Gasteiger partial charge in [0.2, 0.25) is 11.8 Å². The van der Waals surface area contributed by atoms with Gasteiger partial charge in [-0.3, -0.25) is 9.59 Å². The van der Waals surface area contributed by atoms with Gasteiger partial charge in [-0.2, -0.15) is 11.8 Å². The SMILES string of the molecule is CSCC[C@H](N)C(=O)NCCC(=O)N1CCN(c2ccc(F)cc2)CC1.Cl. The summed E-state index contributed by atoms with van der Waals surface area (Å²) in [6, 6.07) is 5.88. The first kappa shape index (κ1) is 23.5. The van der Waals surface area contributed by atoms with Crippen LogP contribution >= 0.6 is 24.2 Å². The highest BCUT2D eigenvalue weighted by molar-refractivity contribution is 7.98. The van der Waals surface area contributed by atoms with Crippen molar-refractivity contribution in [2.24, 2.45) is 5.73 Å². The van der Waals surface area contributed by atoms with Crippen LogP contribution in [0.1, 0.15) is 12.8 Å². The number of piperazine rings is 1. The first-order valence-electron chi connectivity index (χ1n) is 8.82. The van der Waals surface area contributed by atoms with Crippen molar-refractivity contribution in [1.29, 1.82) is 0 Å². The smallest absolute Gasteiger partial charge is 0.236 e. The van der Waals surface area contributed by atoms with E-state index in [0.717, 1.165) is 11.4 Å². The van der Waals surface area contributed by atoms with Gasteiger partial charge in [0.05, 0.1) is 6.04 Å². The lowest BCUT2D eigenvalue weighted by molar-refractivity contribution is -0.131. The van der Waals surface area contributed by atoms with Gasteiger partial charge in [0, 0.05) is 44.8 Å². The van der Waals surface area contributed by atoms with E-state index >= 15 is 0 Å². The van der Waals surface area contributed by atoms with Gasteiger partial charge in [0.1, 0.15) is 5.82 Å². The van der Waals surface area contributed by atoms with Crippen molar-refractivity contribution in [3.8, 4) is 0 Å². The third-order valence-electron chi connectivity index (χ3n) is 4.43. The molecule has 0 saturated carbocycles. The van der Waals surface area contributed by atoms with Crippen molar-refractivity contribution in [2.45, 2.75) is 18.9 Å². The molecule has 6 nitrogen and oxygen atoms in total. The van der Waals surface area contributed by atoms with E-state index in [4.69, 9.17) is 5.73 Å². The van der Waals surface area contributed by atoms with E-state index in [-0.39, 0.29) is 36.5 Å².